The fourth-order valence-corrected chi connectivity index (χ4v) is 3.71. The maximum absolute atomic E-state index is 12.8. The van der Waals surface area contributed by atoms with Crippen LogP contribution in [0, 0.1) is 0 Å². The Labute approximate surface area is 160 Å². The first-order valence-corrected chi connectivity index (χ1v) is 9.44. The van der Waals surface area contributed by atoms with Crippen molar-refractivity contribution in [3.05, 3.63) is 53.8 Å². The number of ether oxygens (including phenoxy) is 2. The molecule has 1 unspecified atom stereocenters. The first-order valence-electron chi connectivity index (χ1n) is 8.56. The van der Waals surface area contributed by atoms with E-state index in [1.165, 1.54) is 24.6 Å². The number of likely N-dealkylation sites (tertiary alicyclic amines) is 1. The summed E-state index contributed by atoms with van der Waals surface area (Å²) in [4.78, 5) is 27.3. The van der Waals surface area contributed by atoms with Crippen LogP contribution < -0.4 is 9.47 Å². The van der Waals surface area contributed by atoms with E-state index in [0.29, 0.717) is 30.5 Å². The van der Waals surface area contributed by atoms with Gasteiger partial charge in [0, 0.05) is 23.9 Å². The van der Waals surface area contributed by atoms with Gasteiger partial charge in [-0.1, -0.05) is 30.3 Å². The molecule has 0 radical (unpaired) electrons. The average Bonchev–Trinajstić information content (AvgIpc) is 3.38. The van der Waals surface area contributed by atoms with Crippen molar-refractivity contribution in [2.45, 2.75) is 12.5 Å². The minimum absolute atomic E-state index is 0.0729. The van der Waals surface area contributed by atoms with Crippen LogP contribution in [0.4, 0.5) is 0 Å². The number of benzene rings is 1. The highest BCUT2D eigenvalue weighted by Crippen LogP contribution is 2.25. The van der Waals surface area contributed by atoms with Crippen molar-refractivity contribution in [1.82, 2.24) is 19.9 Å². The number of aromatic nitrogens is 3. The summed E-state index contributed by atoms with van der Waals surface area (Å²) in [6.07, 6.45) is 3.67. The SMILES string of the molecule is COc1cncc(OC2CCN(C(=O)c3csc(-c4ccccc4)n3)C2)n1. The summed E-state index contributed by atoms with van der Waals surface area (Å²) in [7, 11) is 1.53. The molecule has 0 spiro atoms. The minimum atomic E-state index is -0.123. The molecule has 1 aliphatic heterocycles. The van der Waals surface area contributed by atoms with Crippen LogP contribution >= 0.6 is 11.3 Å². The summed E-state index contributed by atoms with van der Waals surface area (Å²) in [5, 5.41) is 2.66. The van der Waals surface area contributed by atoms with Crippen molar-refractivity contribution < 1.29 is 14.3 Å². The van der Waals surface area contributed by atoms with Crippen molar-refractivity contribution >= 4 is 17.2 Å². The Balaban J connectivity index is 1.40. The van der Waals surface area contributed by atoms with Crippen molar-refractivity contribution in [1.29, 1.82) is 0 Å². The van der Waals surface area contributed by atoms with Crippen LogP contribution in [0.25, 0.3) is 10.6 Å². The van der Waals surface area contributed by atoms with Crippen LogP contribution in [-0.2, 0) is 0 Å². The third-order valence-corrected chi connectivity index (χ3v) is 5.15. The molecule has 0 bridgehead atoms. The van der Waals surface area contributed by atoms with Crippen LogP contribution in [-0.4, -0.2) is 52.1 Å². The predicted molar refractivity (Wildman–Crippen MR) is 101 cm³/mol. The summed E-state index contributed by atoms with van der Waals surface area (Å²) in [6, 6.07) is 9.86. The molecule has 2 aromatic heterocycles. The molecular formula is C19H18N4O3S. The number of carbonyl (C=O) groups excluding carboxylic acids is 1. The second-order valence-electron chi connectivity index (χ2n) is 6.08. The third-order valence-electron chi connectivity index (χ3n) is 4.26. The van der Waals surface area contributed by atoms with Crippen LogP contribution in [0.15, 0.2) is 48.1 Å². The molecule has 7 nitrogen and oxygen atoms in total. The van der Waals surface area contributed by atoms with Gasteiger partial charge in [0.1, 0.15) is 16.8 Å². The van der Waals surface area contributed by atoms with Crippen LogP contribution in [0.5, 0.6) is 11.8 Å². The number of methoxy groups -OCH3 is 1. The third kappa shape index (κ3) is 3.90. The first-order chi connectivity index (χ1) is 13.2. The van der Waals surface area contributed by atoms with E-state index >= 15 is 0 Å². The number of rotatable bonds is 5. The summed E-state index contributed by atoms with van der Waals surface area (Å²) < 4.78 is 10.9. The highest BCUT2D eigenvalue weighted by atomic mass is 32.1. The van der Waals surface area contributed by atoms with E-state index in [4.69, 9.17) is 9.47 Å². The van der Waals surface area contributed by atoms with Crippen molar-refractivity contribution in [3.8, 4) is 22.3 Å². The summed E-state index contributed by atoms with van der Waals surface area (Å²) in [6.45, 7) is 1.12. The highest BCUT2D eigenvalue weighted by molar-refractivity contribution is 7.13. The normalized spacial score (nSPS) is 16.3. The number of amides is 1. The molecular weight excluding hydrogens is 364 g/mol. The van der Waals surface area contributed by atoms with Gasteiger partial charge >= 0.3 is 0 Å². The monoisotopic (exact) mass is 382 g/mol. The van der Waals surface area contributed by atoms with Gasteiger partial charge in [0.05, 0.1) is 26.0 Å². The van der Waals surface area contributed by atoms with Crippen molar-refractivity contribution in [2.24, 2.45) is 0 Å². The predicted octanol–water partition coefficient (Wildman–Crippen LogP) is 2.90. The average molecular weight is 382 g/mol. The molecule has 138 valence electrons. The smallest absolute Gasteiger partial charge is 0.273 e. The molecule has 3 heterocycles. The molecule has 3 aromatic rings. The van der Waals surface area contributed by atoms with E-state index in [1.807, 2.05) is 35.7 Å². The van der Waals surface area contributed by atoms with Gasteiger partial charge in [-0.2, -0.15) is 4.98 Å². The Kier molecular flexibility index (Phi) is 4.97. The molecule has 0 N–H and O–H groups in total. The second-order valence-corrected chi connectivity index (χ2v) is 6.94. The lowest BCUT2D eigenvalue weighted by Crippen LogP contribution is -2.31. The number of hydrogen-bond acceptors (Lipinski definition) is 7. The lowest BCUT2D eigenvalue weighted by molar-refractivity contribution is 0.0766. The van der Waals surface area contributed by atoms with Gasteiger partial charge in [-0.3, -0.25) is 9.78 Å². The van der Waals surface area contributed by atoms with Gasteiger partial charge in [-0.25, -0.2) is 4.98 Å². The summed E-state index contributed by atoms with van der Waals surface area (Å²) in [5.74, 6) is 0.722. The topological polar surface area (TPSA) is 77.4 Å². The van der Waals surface area contributed by atoms with Crippen LogP contribution in [0.3, 0.4) is 0 Å². The van der Waals surface area contributed by atoms with Crippen LogP contribution in [0.1, 0.15) is 16.9 Å². The maximum Gasteiger partial charge on any atom is 0.273 e. The van der Waals surface area contributed by atoms with Crippen molar-refractivity contribution in [3.63, 3.8) is 0 Å². The zero-order valence-electron chi connectivity index (χ0n) is 14.7. The van der Waals surface area contributed by atoms with Gasteiger partial charge in [0.15, 0.2) is 0 Å². The fraction of sp³-hybridized carbons (Fsp3) is 0.263. The molecule has 1 aromatic carbocycles. The quantitative estimate of drug-likeness (QED) is 0.675. The Morgan fingerprint density at radius 3 is 2.81 bits per heavy atom. The summed E-state index contributed by atoms with van der Waals surface area (Å²) in [5.41, 5.74) is 1.49. The van der Waals surface area contributed by atoms with Gasteiger partial charge < -0.3 is 14.4 Å². The van der Waals surface area contributed by atoms with E-state index in [1.54, 1.807) is 11.1 Å². The molecule has 1 fully saturated rings. The highest BCUT2D eigenvalue weighted by Gasteiger charge is 2.30. The molecule has 8 heteroatoms. The number of hydrogen-bond donors (Lipinski definition) is 0. The van der Waals surface area contributed by atoms with E-state index < -0.39 is 0 Å². The van der Waals surface area contributed by atoms with Crippen molar-refractivity contribution in [2.75, 3.05) is 20.2 Å². The molecule has 27 heavy (non-hydrogen) atoms. The van der Waals surface area contributed by atoms with Gasteiger partial charge in [0.25, 0.3) is 5.91 Å². The van der Waals surface area contributed by atoms with E-state index in [-0.39, 0.29) is 12.0 Å². The molecule has 4 rings (SSSR count). The first kappa shape index (κ1) is 17.4. The Morgan fingerprint density at radius 1 is 1.19 bits per heavy atom. The number of carbonyl (C=O) groups is 1. The lowest BCUT2D eigenvalue weighted by atomic mass is 10.2. The largest absolute Gasteiger partial charge is 0.480 e. The van der Waals surface area contributed by atoms with Gasteiger partial charge in [-0.15, -0.1) is 11.3 Å². The van der Waals surface area contributed by atoms with Gasteiger partial charge in [-0.05, 0) is 0 Å². The fourth-order valence-electron chi connectivity index (χ4n) is 2.91. The molecule has 1 atom stereocenters. The summed E-state index contributed by atoms with van der Waals surface area (Å²) >= 11 is 1.48. The molecule has 0 saturated carbocycles. The van der Waals surface area contributed by atoms with E-state index in [0.717, 1.165) is 17.0 Å². The standard InChI is InChI=1S/C19H18N4O3S/c1-25-16-9-20-10-17(22-16)26-14-7-8-23(11-14)19(24)15-12-27-18(21-15)13-5-3-2-4-6-13/h2-6,9-10,12,14H,7-8,11H2,1H3. The minimum Gasteiger partial charge on any atom is -0.480 e. The Morgan fingerprint density at radius 2 is 2.00 bits per heavy atom. The second kappa shape index (κ2) is 7.71. The lowest BCUT2D eigenvalue weighted by Gasteiger charge is -2.16. The molecule has 1 saturated heterocycles. The zero-order valence-corrected chi connectivity index (χ0v) is 15.6. The van der Waals surface area contributed by atoms with Crippen LogP contribution in [0.2, 0.25) is 0 Å². The Bertz CT molecular complexity index is 931. The van der Waals surface area contributed by atoms with E-state index in [2.05, 4.69) is 15.0 Å². The zero-order chi connectivity index (χ0) is 18.6. The van der Waals surface area contributed by atoms with Gasteiger partial charge in [0.2, 0.25) is 11.8 Å². The number of nitrogens with zero attached hydrogens (tertiary/aromatic N) is 4. The number of thiazole rings is 1. The molecule has 1 amide bonds. The molecule has 1 aliphatic rings. The van der Waals surface area contributed by atoms with E-state index in [9.17, 15) is 4.79 Å². The Hall–Kier alpha value is -3.00. The molecule has 0 aliphatic carbocycles. The maximum atomic E-state index is 12.8.